The molecule has 10 heteroatoms. The largest absolute Gasteiger partial charge is 0.493 e. The summed E-state index contributed by atoms with van der Waals surface area (Å²) in [5.41, 5.74) is 0.331. The highest BCUT2D eigenvalue weighted by Crippen LogP contribution is 2.34. The van der Waals surface area contributed by atoms with Gasteiger partial charge in [0.25, 0.3) is 11.6 Å². The van der Waals surface area contributed by atoms with Crippen LogP contribution in [0.4, 0.5) is 11.5 Å². The first-order valence-electron chi connectivity index (χ1n) is 9.58. The van der Waals surface area contributed by atoms with Gasteiger partial charge < -0.3 is 24.4 Å². The second kappa shape index (κ2) is 9.88. The van der Waals surface area contributed by atoms with E-state index in [4.69, 9.17) is 14.2 Å². The molecule has 1 aromatic heterocycles. The van der Waals surface area contributed by atoms with E-state index in [1.165, 1.54) is 19.2 Å². The van der Waals surface area contributed by atoms with Crippen molar-refractivity contribution in [1.82, 2.24) is 10.3 Å². The van der Waals surface area contributed by atoms with E-state index in [1.54, 1.807) is 13.1 Å². The summed E-state index contributed by atoms with van der Waals surface area (Å²) in [7, 11) is 1.38. The van der Waals surface area contributed by atoms with Crippen LogP contribution < -0.4 is 19.7 Å². The predicted octanol–water partition coefficient (Wildman–Crippen LogP) is 2.16. The van der Waals surface area contributed by atoms with Crippen molar-refractivity contribution < 1.29 is 23.9 Å². The molecule has 10 nitrogen and oxygen atoms in total. The number of methoxy groups -OCH3 is 1. The number of nitro benzene ring substituents is 1. The Hall–Kier alpha value is -3.40. The summed E-state index contributed by atoms with van der Waals surface area (Å²) in [6.07, 6.45) is 1.68. The summed E-state index contributed by atoms with van der Waals surface area (Å²) < 4.78 is 15.9. The molecule has 1 saturated heterocycles. The third kappa shape index (κ3) is 4.95. The summed E-state index contributed by atoms with van der Waals surface area (Å²) in [6, 6.07) is 6.27. The van der Waals surface area contributed by atoms with E-state index in [9.17, 15) is 14.9 Å². The maximum atomic E-state index is 12.7. The second-order valence-corrected chi connectivity index (χ2v) is 6.52. The van der Waals surface area contributed by atoms with Crippen molar-refractivity contribution in [3.63, 3.8) is 0 Å². The molecule has 2 aromatic rings. The number of amides is 1. The molecule has 2 heterocycles. The van der Waals surface area contributed by atoms with Crippen LogP contribution in [0.3, 0.4) is 0 Å². The molecule has 160 valence electrons. The lowest BCUT2D eigenvalue weighted by Crippen LogP contribution is -2.36. The van der Waals surface area contributed by atoms with E-state index in [2.05, 4.69) is 15.2 Å². The van der Waals surface area contributed by atoms with Gasteiger partial charge in [0.2, 0.25) is 0 Å². The molecule has 1 aliphatic rings. The maximum absolute atomic E-state index is 12.7. The Labute approximate surface area is 173 Å². The lowest BCUT2D eigenvalue weighted by atomic mass is 10.1. The van der Waals surface area contributed by atoms with Crippen LogP contribution in [-0.4, -0.2) is 55.8 Å². The van der Waals surface area contributed by atoms with Gasteiger partial charge in [-0.05, 0) is 18.6 Å². The molecular weight excluding hydrogens is 392 g/mol. The number of aromatic nitrogens is 1. The summed E-state index contributed by atoms with van der Waals surface area (Å²) in [5.74, 6) is 0.735. The van der Waals surface area contributed by atoms with E-state index < -0.39 is 10.8 Å². The van der Waals surface area contributed by atoms with Crippen molar-refractivity contribution in [2.45, 2.75) is 13.5 Å². The number of hydrogen-bond donors (Lipinski definition) is 1. The lowest BCUT2D eigenvalue weighted by molar-refractivity contribution is -0.385. The molecule has 0 radical (unpaired) electrons. The average Bonchev–Trinajstić information content (AvgIpc) is 2.78. The van der Waals surface area contributed by atoms with Crippen molar-refractivity contribution in [3.8, 4) is 11.5 Å². The zero-order valence-corrected chi connectivity index (χ0v) is 16.9. The van der Waals surface area contributed by atoms with Crippen LogP contribution in [0.25, 0.3) is 0 Å². The number of pyridine rings is 1. The summed E-state index contributed by atoms with van der Waals surface area (Å²) in [5, 5.41) is 14.1. The first kappa shape index (κ1) is 21.3. The van der Waals surface area contributed by atoms with Crippen LogP contribution in [0.5, 0.6) is 11.5 Å². The van der Waals surface area contributed by atoms with Crippen LogP contribution in [0.1, 0.15) is 22.8 Å². The molecule has 1 N–H and O–H groups in total. The fourth-order valence-corrected chi connectivity index (χ4v) is 3.09. The molecule has 1 aromatic carbocycles. The fourth-order valence-electron chi connectivity index (χ4n) is 3.09. The zero-order valence-electron chi connectivity index (χ0n) is 16.9. The quantitative estimate of drug-likeness (QED) is 0.514. The minimum absolute atomic E-state index is 0.0952. The Morgan fingerprint density at radius 1 is 1.30 bits per heavy atom. The fraction of sp³-hybridized carbons (Fsp3) is 0.400. The third-order valence-corrected chi connectivity index (χ3v) is 4.62. The number of ether oxygens (including phenoxy) is 3. The highest BCUT2D eigenvalue weighted by molar-refractivity contribution is 5.99. The first-order valence-corrected chi connectivity index (χ1v) is 9.58. The Balaban J connectivity index is 1.72. The van der Waals surface area contributed by atoms with Crippen LogP contribution in [0, 0.1) is 10.1 Å². The number of nitrogens with one attached hydrogen (secondary N) is 1. The SMILES string of the molecule is CCOc1cc(C(=O)NCc2ccc(N3CCOCC3)nc2)c([N+](=O)[O-])cc1OC. The molecule has 1 fully saturated rings. The van der Waals surface area contributed by atoms with Crippen molar-refractivity contribution in [2.75, 3.05) is 44.9 Å². The molecule has 0 unspecified atom stereocenters. The highest BCUT2D eigenvalue weighted by Gasteiger charge is 2.24. The number of morpholine rings is 1. The van der Waals surface area contributed by atoms with Gasteiger partial charge in [-0.2, -0.15) is 0 Å². The average molecular weight is 416 g/mol. The van der Waals surface area contributed by atoms with Crippen LogP contribution >= 0.6 is 0 Å². The maximum Gasteiger partial charge on any atom is 0.286 e. The lowest BCUT2D eigenvalue weighted by Gasteiger charge is -2.27. The number of nitrogens with zero attached hydrogens (tertiary/aromatic N) is 3. The minimum Gasteiger partial charge on any atom is -0.493 e. The van der Waals surface area contributed by atoms with E-state index in [0.29, 0.717) is 19.8 Å². The topological polar surface area (TPSA) is 116 Å². The Morgan fingerprint density at radius 3 is 2.67 bits per heavy atom. The summed E-state index contributed by atoms with van der Waals surface area (Å²) in [6.45, 7) is 5.19. The Bertz CT molecular complexity index is 897. The zero-order chi connectivity index (χ0) is 21.5. The standard InChI is InChI=1S/C20H24N4O6/c1-3-30-18-10-15(16(24(26)27)11-17(18)28-2)20(25)22-13-14-4-5-19(21-12-14)23-6-8-29-9-7-23/h4-5,10-12H,3,6-9,13H2,1-2H3,(H,22,25). The molecule has 1 amide bonds. The van der Waals surface area contributed by atoms with Crippen molar-refractivity contribution in [3.05, 3.63) is 51.7 Å². The van der Waals surface area contributed by atoms with Gasteiger partial charge in [-0.1, -0.05) is 6.07 Å². The van der Waals surface area contributed by atoms with E-state index >= 15 is 0 Å². The molecule has 0 aliphatic carbocycles. The number of rotatable bonds is 8. The van der Waals surface area contributed by atoms with Crippen molar-refractivity contribution in [2.24, 2.45) is 0 Å². The molecule has 30 heavy (non-hydrogen) atoms. The van der Waals surface area contributed by atoms with E-state index in [0.717, 1.165) is 24.5 Å². The monoisotopic (exact) mass is 416 g/mol. The van der Waals surface area contributed by atoms with Gasteiger partial charge in [0.1, 0.15) is 11.4 Å². The van der Waals surface area contributed by atoms with Crippen molar-refractivity contribution in [1.29, 1.82) is 0 Å². The van der Waals surface area contributed by atoms with Gasteiger partial charge in [-0.25, -0.2) is 4.98 Å². The van der Waals surface area contributed by atoms with E-state index in [1.807, 2.05) is 12.1 Å². The van der Waals surface area contributed by atoms with Crippen LogP contribution in [0.15, 0.2) is 30.5 Å². The van der Waals surface area contributed by atoms with Gasteiger partial charge >= 0.3 is 0 Å². The molecule has 0 saturated carbocycles. The molecule has 0 atom stereocenters. The number of carbonyl (C=O) groups is 1. The van der Waals surface area contributed by atoms with E-state index in [-0.39, 0.29) is 29.3 Å². The smallest absolute Gasteiger partial charge is 0.286 e. The summed E-state index contributed by atoms with van der Waals surface area (Å²) in [4.78, 5) is 30.0. The van der Waals surface area contributed by atoms with Crippen LogP contribution in [-0.2, 0) is 11.3 Å². The normalized spacial score (nSPS) is 13.6. The Morgan fingerprint density at radius 2 is 2.07 bits per heavy atom. The molecule has 3 rings (SSSR count). The number of benzene rings is 1. The van der Waals surface area contributed by atoms with Gasteiger partial charge in [-0.3, -0.25) is 14.9 Å². The predicted molar refractivity (Wildman–Crippen MR) is 109 cm³/mol. The van der Waals surface area contributed by atoms with Gasteiger partial charge in [-0.15, -0.1) is 0 Å². The minimum atomic E-state index is -0.619. The van der Waals surface area contributed by atoms with Crippen LogP contribution in [0.2, 0.25) is 0 Å². The molecule has 0 spiro atoms. The summed E-state index contributed by atoms with van der Waals surface area (Å²) >= 11 is 0. The third-order valence-electron chi connectivity index (χ3n) is 4.62. The number of anilines is 1. The second-order valence-electron chi connectivity index (χ2n) is 6.52. The van der Waals surface area contributed by atoms with Gasteiger partial charge in [0, 0.05) is 31.9 Å². The van der Waals surface area contributed by atoms with Gasteiger partial charge in [0.15, 0.2) is 11.5 Å². The molecule has 1 aliphatic heterocycles. The number of hydrogen-bond acceptors (Lipinski definition) is 8. The molecule has 0 bridgehead atoms. The Kier molecular flexibility index (Phi) is 7.02. The molecular formula is C20H24N4O6. The number of carbonyl (C=O) groups excluding carboxylic acids is 1. The first-order chi connectivity index (χ1) is 14.5. The van der Waals surface area contributed by atoms with Gasteiger partial charge in [0.05, 0.1) is 37.9 Å². The number of nitro groups is 1. The highest BCUT2D eigenvalue weighted by atomic mass is 16.6. The van der Waals surface area contributed by atoms with Crippen molar-refractivity contribution >= 4 is 17.4 Å².